The molecule has 0 aliphatic heterocycles. The van der Waals surface area contributed by atoms with Gasteiger partial charge in [0, 0.05) is 18.3 Å². The topological polar surface area (TPSA) is 16.1 Å². The second kappa shape index (κ2) is 4.41. The molecule has 0 atom stereocenters. The molecule has 78 valence electrons. The first-order valence-corrected chi connectivity index (χ1v) is 5.33. The van der Waals surface area contributed by atoms with Crippen LogP contribution in [0, 0.1) is 0 Å². The van der Waals surface area contributed by atoms with Gasteiger partial charge in [0.25, 0.3) is 0 Å². The highest BCUT2D eigenvalue weighted by atomic mass is 15.1. The lowest BCUT2D eigenvalue weighted by molar-refractivity contribution is 0.393. The summed E-state index contributed by atoms with van der Waals surface area (Å²) in [5, 5.41) is 0. The Morgan fingerprint density at radius 1 is 1.40 bits per heavy atom. The maximum absolute atomic E-state index is 4.40. The Bertz CT molecular complexity index is 405. The first kappa shape index (κ1) is 10.1. The highest BCUT2D eigenvalue weighted by Gasteiger charge is 2.10. The number of allylic oxidation sites excluding steroid dienone is 2. The molecule has 2 nitrogen and oxygen atoms in total. The number of fused-ring (bicyclic) bond motifs is 1. The number of likely N-dealkylation sites (N-methyl/N-ethyl adjacent to an activating group) is 1. The van der Waals surface area contributed by atoms with E-state index in [4.69, 9.17) is 0 Å². The summed E-state index contributed by atoms with van der Waals surface area (Å²) in [5.74, 6) is 0. The fourth-order valence-corrected chi connectivity index (χ4v) is 1.60. The molecule has 1 aromatic rings. The number of nitrogens with zero attached hydrogens (tertiary/aromatic N) is 2. The van der Waals surface area contributed by atoms with Crippen LogP contribution in [0.4, 0.5) is 0 Å². The van der Waals surface area contributed by atoms with Crippen LogP contribution in [0.15, 0.2) is 30.5 Å². The van der Waals surface area contributed by atoms with Gasteiger partial charge in [0.2, 0.25) is 0 Å². The molecule has 0 saturated heterocycles. The molecule has 0 radical (unpaired) electrons. The largest absolute Gasteiger partial charge is 0.303 e. The molecule has 0 spiro atoms. The van der Waals surface area contributed by atoms with Crippen molar-refractivity contribution >= 4 is 11.6 Å². The molecule has 0 fully saturated rings. The minimum absolute atomic E-state index is 0.978. The average Bonchev–Trinajstić information content (AvgIpc) is 2.69. The van der Waals surface area contributed by atoms with E-state index in [9.17, 15) is 0 Å². The van der Waals surface area contributed by atoms with Crippen LogP contribution in [0.5, 0.6) is 0 Å². The quantitative estimate of drug-likeness (QED) is 0.745. The van der Waals surface area contributed by atoms with Crippen molar-refractivity contribution in [3.63, 3.8) is 0 Å². The average molecular weight is 200 g/mol. The summed E-state index contributed by atoms with van der Waals surface area (Å²) in [4.78, 5) is 6.66. The molecule has 0 unspecified atom stereocenters. The zero-order valence-electron chi connectivity index (χ0n) is 9.27. The van der Waals surface area contributed by atoms with Crippen molar-refractivity contribution in [2.75, 3.05) is 20.1 Å². The lowest BCUT2D eigenvalue weighted by Crippen LogP contribution is -2.17. The third-order valence-electron chi connectivity index (χ3n) is 2.72. The number of hydrogen-bond acceptors (Lipinski definition) is 2. The van der Waals surface area contributed by atoms with Gasteiger partial charge in [-0.3, -0.25) is 4.98 Å². The van der Waals surface area contributed by atoms with E-state index in [1.165, 1.54) is 11.1 Å². The smallest absolute Gasteiger partial charge is 0.0771 e. The minimum atomic E-state index is 0.978. The zero-order valence-corrected chi connectivity index (χ0v) is 9.27. The summed E-state index contributed by atoms with van der Waals surface area (Å²) in [7, 11) is 2.12. The fourth-order valence-electron chi connectivity index (χ4n) is 1.60. The highest BCUT2D eigenvalue weighted by molar-refractivity contribution is 5.87. The van der Waals surface area contributed by atoms with Gasteiger partial charge in [-0.25, -0.2) is 0 Å². The van der Waals surface area contributed by atoms with E-state index in [1.807, 2.05) is 12.3 Å². The Morgan fingerprint density at radius 2 is 2.27 bits per heavy atom. The third kappa shape index (κ3) is 2.16. The van der Waals surface area contributed by atoms with Gasteiger partial charge in [0.1, 0.15) is 0 Å². The predicted molar refractivity (Wildman–Crippen MR) is 64.4 cm³/mol. The van der Waals surface area contributed by atoms with E-state index in [0.717, 1.165) is 18.8 Å². The van der Waals surface area contributed by atoms with E-state index in [2.05, 4.69) is 48.1 Å². The van der Waals surface area contributed by atoms with Crippen molar-refractivity contribution in [3.05, 3.63) is 41.7 Å². The van der Waals surface area contributed by atoms with Crippen LogP contribution in [0.2, 0.25) is 0 Å². The van der Waals surface area contributed by atoms with Crippen LogP contribution in [-0.2, 0) is 0 Å². The van der Waals surface area contributed by atoms with Gasteiger partial charge >= 0.3 is 0 Å². The molecule has 0 saturated carbocycles. The monoisotopic (exact) mass is 200 g/mol. The number of pyridine rings is 1. The molecule has 1 heterocycles. The maximum Gasteiger partial charge on any atom is 0.0771 e. The summed E-state index contributed by atoms with van der Waals surface area (Å²) >= 11 is 0. The number of aromatic nitrogens is 1. The van der Waals surface area contributed by atoms with Crippen molar-refractivity contribution in [1.29, 1.82) is 0 Å². The SMILES string of the molecule is CCN(C)C/C=C1\C=Cc2cccnc21. The molecule has 0 aromatic carbocycles. The first-order valence-electron chi connectivity index (χ1n) is 5.33. The summed E-state index contributed by atoms with van der Waals surface area (Å²) < 4.78 is 0. The fraction of sp³-hybridized carbons (Fsp3) is 0.308. The molecule has 1 aromatic heterocycles. The molecule has 0 N–H and O–H groups in total. The minimum Gasteiger partial charge on any atom is -0.303 e. The third-order valence-corrected chi connectivity index (χ3v) is 2.72. The Kier molecular flexibility index (Phi) is 2.97. The van der Waals surface area contributed by atoms with Gasteiger partial charge in [-0.1, -0.05) is 31.2 Å². The van der Waals surface area contributed by atoms with Crippen molar-refractivity contribution < 1.29 is 0 Å². The maximum atomic E-state index is 4.40. The van der Waals surface area contributed by atoms with Crippen molar-refractivity contribution in [2.45, 2.75) is 6.92 Å². The van der Waals surface area contributed by atoms with Gasteiger partial charge < -0.3 is 4.90 Å². The van der Waals surface area contributed by atoms with E-state index in [0.29, 0.717) is 0 Å². The van der Waals surface area contributed by atoms with E-state index < -0.39 is 0 Å². The molecule has 15 heavy (non-hydrogen) atoms. The van der Waals surface area contributed by atoms with Crippen LogP contribution >= 0.6 is 0 Å². The normalized spacial score (nSPS) is 16.3. The van der Waals surface area contributed by atoms with E-state index >= 15 is 0 Å². The molecular weight excluding hydrogens is 184 g/mol. The van der Waals surface area contributed by atoms with Gasteiger partial charge in [-0.15, -0.1) is 0 Å². The van der Waals surface area contributed by atoms with E-state index in [-0.39, 0.29) is 0 Å². The number of hydrogen-bond donors (Lipinski definition) is 0. The summed E-state index contributed by atoms with van der Waals surface area (Å²) in [6.45, 7) is 4.21. The predicted octanol–water partition coefficient (Wildman–Crippen LogP) is 2.44. The van der Waals surface area contributed by atoms with Gasteiger partial charge in [-0.05, 0) is 25.2 Å². The van der Waals surface area contributed by atoms with Crippen LogP contribution in [-0.4, -0.2) is 30.0 Å². The lowest BCUT2D eigenvalue weighted by atomic mass is 10.1. The summed E-state index contributed by atoms with van der Waals surface area (Å²) in [6.07, 6.45) is 8.35. The summed E-state index contributed by atoms with van der Waals surface area (Å²) in [5.41, 5.74) is 3.58. The Balaban J connectivity index is 2.17. The molecule has 1 aliphatic rings. The lowest BCUT2D eigenvalue weighted by Gasteiger charge is -2.10. The van der Waals surface area contributed by atoms with Crippen LogP contribution in [0.3, 0.4) is 0 Å². The highest BCUT2D eigenvalue weighted by Crippen LogP contribution is 2.26. The zero-order chi connectivity index (χ0) is 10.7. The molecule has 1 aliphatic carbocycles. The molecule has 0 amide bonds. The standard InChI is InChI=1S/C13H16N2/c1-3-15(2)10-8-12-7-6-11-5-4-9-14-13(11)12/h4-9H,3,10H2,1-2H3/b12-8+. The van der Waals surface area contributed by atoms with Crippen molar-refractivity contribution in [3.8, 4) is 0 Å². The van der Waals surface area contributed by atoms with Gasteiger partial charge in [-0.2, -0.15) is 0 Å². The molecule has 2 rings (SSSR count). The summed E-state index contributed by atoms with van der Waals surface area (Å²) in [6, 6.07) is 4.08. The Hall–Kier alpha value is -1.41. The van der Waals surface area contributed by atoms with E-state index in [1.54, 1.807) is 0 Å². The second-order valence-electron chi connectivity index (χ2n) is 3.79. The van der Waals surface area contributed by atoms with Crippen molar-refractivity contribution in [2.24, 2.45) is 0 Å². The van der Waals surface area contributed by atoms with Gasteiger partial charge in [0.15, 0.2) is 0 Å². The first-order chi connectivity index (χ1) is 7.31. The molecule has 0 bridgehead atoms. The van der Waals surface area contributed by atoms with Crippen LogP contribution < -0.4 is 0 Å². The second-order valence-corrected chi connectivity index (χ2v) is 3.79. The Labute approximate surface area is 90.9 Å². The van der Waals surface area contributed by atoms with Crippen LogP contribution in [0.25, 0.3) is 11.6 Å². The molecular formula is C13H16N2. The van der Waals surface area contributed by atoms with Gasteiger partial charge in [0.05, 0.1) is 5.69 Å². The molecule has 2 heteroatoms. The van der Waals surface area contributed by atoms with Crippen LogP contribution in [0.1, 0.15) is 18.2 Å². The van der Waals surface area contributed by atoms with Crippen molar-refractivity contribution in [1.82, 2.24) is 9.88 Å². The number of rotatable bonds is 3. The Morgan fingerprint density at radius 3 is 3.07 bits per heavy atom.